The molecule has 0 bridgehead atoms. The van der Waals surface area contributed by atoms with E-state index < -0.39 is 0 Å². The van der Waals surface area contributed by atoms with Crippen LogP contribution in [0.4, 0.5) is 0 Å². The van der Waals surface area contributed by atoms with Gasteiger partial charge in [-0.1, -0.05) is 6.92 Å². The largest absolute Gasteiger partial charge is 0.999 e. The van der Waals surface area contributed by atoms with Crippen molar-refractivity contribution in [3.63, 3.8) is 0 Å². The van der Waals surface area contributed by atoms with Crippen molar-refractivity contribution in [2.24, 2.45) is 0 Å². The Labute approximate surface area is 90.8 Å². The van der Waals surface area contributed by atoms with Crippen molar-refractivity contribution >= 4 is 0 Å². The van der Waals surface area contributed by atoms with Gasteiger partial charge in [-0.05, 0) is 0 Å². The van der Waals surface area contributed by atoms with Crippen molar-refractivity contribution in [1.29, 1.82) is 0 Å². The van der Waals surface area contributed by atoms with Gasteiger partial charge in [0.05, 0.1) is 0 Å². The summed E-state index contributed by atoms with van der Waals surface area (Å²) in [6.07, 6.45) is 0.986. The van der Waals surface area contributed by atoms with Gasteiger partial charge in [-0.3, -0.25) is 0 Å². The fraction of sp³-hybridized carbons (Fsp3) is 0.167. The van der Waals surface area contributed by atoms with E-state index in [4.69, 9.17) is 0 Å². The summed E-state index contributed by atoms with van der Waals surface area (Å²) in [5.41, 5.74) is 1.07. The molecule has 0 aromatic heterocycles. The molecule has 0 radical (unpaired) electrons. The summed E-state index contributed by atoms with van der Waals surface area (Å²) in [5, 5.41) is 0. The normalized spacial score (nSPS) is 8.08. The van der Waals surface area contributed by atoms with Crippen molar-refractivity contribution in [2.75, 3.05) is 0 Å². The molecule has 0 saturated carbocycles. The first-order valence-electron chi connectivity index (χ1n) is 3.64. The van der Waals surface area contributed by atoms with E-state index in [9.17, 15) is 0 Å². The molecular formula is C12H6Fe-10. The molecule has 0 atom stereocenters. The van der Waals surface area contributed by atoms with Crippen LogP contribution >= 0.6 is 0 Å². The summed E-state index contributed by atoms with van der Waals surface area (Å²) in [6, 6.07) is 23.1. The first-order chi connectivity index (χ1) is 5.93. The quantitative estimate of drug-likeness (QED) is 0.492. The van der Waals surface area contributed by atoms with E-state index >= 15 is 0 Å². The maximum atomic E-state index is 2.85. The predicted molar refractivity (Wildman–Crippen MR) is 44.1 cm³/mol. The van der Waals surface area contributed by atoms with Gasteiger partial charge in [-0.2, -0.15) is 0 Å². The molecule has 0 heterocycles. The topological polar surface area (TPSA) is 0 Å². The second-order valence-electron chi connectivity index (χ2n) is 2.02. The molecule has 1 heteroatoms. The van der Waals surface area contributed by atoms with E-state index in [0.717, 1.165) is 12.0 Å². The third-order valence-corrected chi connectivity index (χ3v) is 1.19. The Hall–Kier alpha value is -0.781. The molecule has 13 heavy (non-hydrogen) atoms. The first kappa shape index (κ1) is 12.2. The molecule has 2 aromatic rings. The maximum absolute atomic E-state index is 2.85. The van der Waals surface area contributed by atoms with Gasteiger partial charge in [0.1, 0.15) is 0 Å². The third-order valence-electron chi connectivity index (χ3n) is 1.19. The molecule has 0 spiro atoms. The minimum absolute atomic E-state index is 0. The van der Waals surface area contributed by atoms with Gasteiger partial charge in [0.2, 0.25) is 0 Å². The van der Waals surface area contributed by atoms with Crippen LogP contribution in [0.25, 0.3) is 0 Å². The van der Waals surface area contributed by atoms with Crippen LogP contribution in [0.3, 0.4) is 0 Å². The van der Waals surface area contributed by atoms with Crippen molar-refractivity contribution in [1.82, 2.24) is 0 Å². The van der Waals surface area contributed by atoms with E-state index in [1.165, 1.54) is 0 Å². The van der Waals surface area contributed by atoms with Gasteiger partial charge in [-0.25, -0.2) is 6.42 Å². The van der Waals surface area contributed by atoms with Crippen LogP contribution in [0.2, 0.25) is 0 Å². The number of aryl methyl sites for hydroxylation is 1. The van der Waals surface area contributed by atoms with Gasteiger partial charge < -0.3 is 60.2 Å². The minimum atomic E-state index is 0. The molecule has 0 aliphatic rings. The summed E-state index contributed by atoms with van der Waals surface area (Å²) < 4.78 is 0. The molecule has 0 unspecified atom stereocenters. The SMILES string of the molecule is CC[c-]1[c-][c-][c-][c-]1.[Fe].[c-]1[c-][c-][cH-][c-]1. The van der Waals surface area contributed by atoms with E-state index in [2.05, 4.69) is 55.5 Å². The number of hydrogen-bond donors (Lipinski definition) is 0. The van der Waals surface area contributed by atoms with Crippen LogP contribution in [-0.4, -0.2) is 0 Å². The van der Waals surface area contributed by atoms with Crippen LogP contribution < -0.4 is 0 Å². The van der Waals surface area contributed by atoms with E-state index in [-0.39, 0.29) is 17.1 Å². The molecule has 0 fully saturated rings. The van der Waals surface area contributed by atoms with Crippen LogP contribution in [0.15, 0.2) is 6.07 Å². The summed E-state index contributed by atoms with van der Waals surface area (Å²) in [6.45, 7) is 2.06. The molecule has 2 rings (SSSR count). The zero-order valence-electron chi connectivity index (χ0n) is 7.14. The second-order valence-corrected chi connectivity index (χ2v) is 2.02. The molecule has 0 saturated heterocycles. The van der Waals surface area contributed by atoms with Gasteiger partial charge >= 0.3 is 0 Å². The van der Waals surface area contributed by atoms with Crippen molar-refractivity contribution in [3.05, 3.63) is 60.2 Å². The van der Waals surface area contributed by atoms with Crippen molar-refractivity contribution in [2.45, 2.75) is 13.3 Å². The second kappa shape index (κ2) is 7.85. The average molecular weight is 206 g/mol. The molecule has 0 N–H and O–H groups in total. The average Bonchev–Trinajstić information content (AvgIpc) is 2.81. The zero-order valence-corrected chi connectivity index (χ0v) is 8.24. The summed E-state index contributed by atoms with van der Waals surface area (Å²) in [5.74, 6) is 0. The third kappa shape index (κ3) is 5.46. The summed E-state index contributed by atoms with van der Waals surface area (Å²) in [4.78, 5) is 0. The Morgan fingerprint density at radius 2 is 1.54 bits per heavy atom. The molecule has 0 nitrogen and oxygen atoms in total. The monoisotopic (exact) mass is 206 g/mol. The standard InChI is InChI=1S/C7H5.C5H.Fe/c1-2-7-5-3-4-6-7;1-2-4-5-3-1;/h2H2,1H3;1H;/q2*-5;. The van der Waals surface area contributed by atoms with Crippen molar-refractivity contribution < 1.29 is 17.1 Å². The van der Waals surface area contributed by atoms with Gasteiger partial charge in [0.25, 0.3) is 0 Å². The van der Waals surface area contributed by atoms with Gasteiger partial charge in [0.15, 0.2) is 0 Å². The van der Waals surface area contributed by atoms with E-state index in [1.54, 1.807) is 6.07 Å². The van der Waals surface area contributed by atoms with Gasteiger partial charge in [-0.15, -0.1) is 0 Å². The van der Waals surface area contributed by atoms with Crippen LogP contribution in [-0.2, 0) is 23.5 Å². The first-order valence-corrected chi connectivity index (χ1v) is 3.64. The number of rotatable bonds is 1. The summed E-state index contributed by atoms with van der Waals surface area (Å²) >= 11 is 0. The Balaban J connectivity index is 0.000000215. The van der Waals surface area contributed by atoms with Crippen molar-refractivity contribution in [3.8, 4) is 0 Å². The molecule has 0 aliphatic heterocycles. The molecule has 0 aliphatic carbocycles. The predicted octanol–water partition coefficient (Wildman–Crippen LogP) is 1.77. The fourth-order valence-electron chi connectivity index (χ4n) is 0.602. The molecule has 72 valence electrons. The Morgan fingerprint density at radius 1 is 1.00 bits per heavy atom. The Morgan fingerprint density at radius 3 is 1.77 bits per heavy atom. The zero-order chi connectivity index (χ0) is 8.65. The van der Waals surface area contributed by atoms with Gasteiger partial charge in [0, 0.05) is 17.1 Å². The van der Waals surface area contributed by atoms with E-state index in [0.29, 0.717) is 0 Å². The Bertz CT molecular complexity index is 236. The maximum Gasteiger partial charge on any atom is 0 e. The molecule has 2 aromatic carbocycles. The minimum Gasteiger partial charge on any atom is -0.999 e. The molecular weight excluding hydrogens is 200 g/mol. The van der Waals surface area contributed by atoms with E-state index in [1.807, 2.05) is 0 Å². The fourth-order valence-corrected chi connectivity index (χ4v) is 0.602. The van der Waals surface area contributed by atoms with Crippen LogP contribution in [0, 0.1) is 48.5 Å². The summed E-state index contributed by atoms with van der Waals surface area (Å²) in [7, 11) is 0. The number of hydrogen-bond acceptors (Lipinski definition) is 0. The van der Waals surface area contributed by atoms with Crippen LogP contribution in [0.5, 0.6) is 0 Å². The molecule has 0 amide bonds. The smallest absolute Gasteiger partial charge is 0 e. The van der Waals surface area contributed by atoms with Crippen LogP contribution in [0.1, 0.15) is 12.5 Å². The Kier molecular flexibility index (Phi) is 7.38.